The number of nitro benzene ring substituents is 1. The van der Waals surface area contributed by atoms with Crippen LogP contribution in [0.1, 0.15) is 15.9 Å². The van der Waals surface area contributed by atoms with Crippen LogP contribution in [0.4, 0.5) is 5.69 Å². The van der Waals surface area contributed by atoms with E-state index in [1.165, 1.54) is 6.07 Å². The van der Waals surface area contributed by atoms with Crippen molar-refractivity contribution in [2.45, 2.75) is 16.7 Å². The first-order valence-corrected chi connectivity index (χ1v) is 7.79. The Morgan fingerprint density at radius 3 is 2.52 bits per heavy atom. The zero-order valence-corrected chi connectivity index (χ0v) is 14.0. The van der Waals surface area contributed by atoms with Gasteiger partial charge >= 0.3 is 0 Å². The topological polar surface area (TPSA) is 60.2 Å². The molecule has 4 nitrogen and oxygen atoms in total. The Kier molecular flexibility index (Phi) is 5.03. The van der Waals surface area contributed by atoms with E-state index in [4.69, 9.17) is 11.6 Å². The normalized spacial score (nSPS) is 10.4. The van der Waals surface area contributed by atoms with E-state index in [2.05, 4.69) is 15.9 Å². The molecule has 108 valence electrons. The van der Waals surface area contributed by atoms with Crippen molar-refractivity contribution in [2.24, 2.45) is 0 Å². The molecule has 0 fully saturated rings. The van der Waals surface area contributed by atoms with E-state index in [-0.39, 0.29) is 5.69 Å². The lowest BCUT2D eigenvalue weighted by molar-refractivity contribution is -0.387. The standard InChI is InChI=1S/C14H9BrClNO3S/c1-8-2-4-13(11(6-8)17(19)20)21-12-5-3-9(15)7-10(12)14(16)18/h2-7H,1H3. The van der Waals surface area contributed by atoms with Crippen LogP contribution >= 0.6 is 39.3 Å². The minimum Gasteiger partial charge on any atom is -0.276 e. The van der Waals surface area contributed by atoms with Crippen LogP contribution in [0.2, 0.25) is 0 Å². The van der Waals surface area contributed by atoms with Crippen LogP contribution in [0, 0.1) is 17.0 Å². The Labute approximate surface area is 138 Å². The van der Waals surface area contributed by atoms with Gasteiger partial charge in [-0.25, -0.2) is 0 Å². The van der Waals surface area contributed by atoms with E-state index < -0.39 is 10.2 Å². The summed E-state index contributed by atoms with van der Waals surface area (Å²) in [6.07, 6.45) is 0. The van der Waals surface area contributed by atoms with E-state index in [0.717, 1.165) is 17.3 Å². The van der Waals surface area contributed by atoms with Crippen LogP contribution in [-0.4, -0.2) is 10.2 Å². The molecule has 0 aromatic heterocycles. The van der Waals surface area contributed by atoms with Gasteiger partial charge in [-0.15, -0.1) is 0 Å². The largest absolute Gasteiger partial charge is 0.283 e. The van der Waals surface area contributed by atoms with Crippen molar-refractivity contribution in [1.29, 1.82) is 0 Å². The summed E-state index contributed by atoms with van der Waals surface area (Å²) in [7, 11) is 0. The van der Waals surface area contributed by atoms with Crippen molar-refractivity contribution in [3.8, 4) is 0 Å². The second-order valence-corrected chi connectivity index (χ2v) is 6.59. The first-order valence-electron chi connectivity index (χ1n) is 5.81. The number of nitrogens with zero attached hydrogens (tertiary/aromatic N) is 1. The Balaban J connectivity index is 2.48. The van der Waals surface area contributed by atoms with Crippen molar-refractivity contribution < 1.29 is 9.72 Å². The first kappa shape index (κ1) is 16.0. The SMILES string of the molecule is Cc1ccc(Sc2ccc(Br)cc2C(=O)Cl)c([N+](=O)[O-])c1. The molecule has 0 aliphatic rings. The molecule has 0 radical (unpaired) electrons. The lowest BCUT2D eigenvalue weighted by Gasteiger charge is -2.07. The number of halogens is 2. The minimum atomic E-state index is -0.603. The lowest BCUT2D eigenvalue weighted by atomic mass is 10.2. The smallest absolute Gasteiger partial charge is 0.276 e. The molecular weight excluding hydrogens is 378 g/mol. The summed E-state index contributed by atoms with van der Waals surface area (Å²) >= 11 is 9.98. The molecule has 21 heavy (non-hydrogen) atoms. The van der Waals surface area contributed by atoms with Crippen LogP contribution in [0.3, 0.4) is 0 Å². The van der Waals surface area contributed by atoms with Crippen molar-refractivity contribution in [1.82, 2.24) is 0 Å². The molecule has 0 amide bonds. The highest BCUT2D eigenvalue weighted by atomic mass is 79.9. The van der Waals surface area contributed by atoms with E-state index in [1.54, 1.807) is 37.3 Å². The molecule has 0 saturated heterocycles. The number of hydrogen-bond donors (Lipinski definition) is 0. The fraction of sp³-hybridized carbons (Fsp3) is 0.0714. The lowest BCUT2D eigenvalue weighted by Crippen LogP contribution is -1.95. The maximum absolute atomic E-state index is 11.5. The van der Waals surface area contributed by atoms with Gasteiger partial charge < -0.3 is 0 Å². The van der Waals surface area contributed by atoms with Gasteiger partial charge in [0.1, 0.15) is 0 Å². The molecule has 2 aromatic carbocycles. The highest BCUT2D eigenvalue weighted by molar-refractivity contribution is 9.10. The molecule has 2 rings (SSSR count). The monoisotopic (exact) mass is 385 g/mol. The molecule has 0 aliphatic carbocycles. The second-order valence-electron chi connectivity index (χ2n) is 4.24. The molecule has 2 aromatic rings. The molecule has 0 atom stereocenters. The van der Waals surface area contributed by atoms with E-state index in [1.807, 2.05) is 0 Å². The first-order chi connectivity index (χ1) is 9.88. The van der Waals surface area contributed by atoms with Crippen molar-refractivity contribution in [2.75, 3.05) is 0 Å². The minimum absolute atomic E-state index is 0.0101. The summed E-state index contributed by atoms with van der Waals surface area (Å²) in [5, 5.41) is 10.5. The number of rotatable bonds is 4. The van der Waals surface area contributed by atoms with Gasteiger partial charge in [-0.05, 0) is 48.4 Å². The second kappa shape index (κ2) is 6.60. The molecule has 0 saturated carbocycles. The number of carbonyl (C=O) groups is 1. The zero-order chi connectivity index (χ0) is 15.6. The van der Waals surface area contributed by atoms with Gasteiger partial charge in [-0.2, -0.15) is 0 Å². The summed E-state index contributed by atoms with van der Waals surface area (Å²) in [6.45, 7) is 1.79. The maximum atomic E-state index is 11.5. The van der Waals surface area contributed by atoms with Gasteiger partial charge in [0.2, 0.25) is 0 Å². The fourth-order valence-corrected chi connectivity index (χ4v) is 3.30. The molecule has 7 heteroatoms. The number of benzene rings is 2. The summed E-state index contributed by atoms with van der Waals surface area (Å²) in [4.78, 5) is 23.2. The predicted octanol–water partition coefficient (Wildman–Crippen LogP) is 5.20. The zero-order valence-electron chi connectivity index (χ0n) is 10.8. The third-order valence-electron chi connectivity index (χ3n) is 2.68. The summed E-state index contributed by atoms with van der Waals surface area (Å²) in [5.74, 6) is 0. The Bertz CT molecular complexity index is 675. The molecule has 0 aliphatic heterocycles. The van der Waals surface area contributed by atoms with Crippen molar-refractivity contribution >= 4 is 50.2 Å². The van der Waals surface area contributed by atoms with Gasteiger partial charge in [0.15, 0.2) is 0 Å². The van der Waals surface area contributed by atoms with Crippen LogP contribution < -0.4 is 0 Å². The highest BCUT2D eigenvalue weighted by Crippen LogP contribution is 2.38. The molecule has 0 unspecified atom stereocenters. The molecule has 0 heterocycles. The van der Waals surface area contributed by atoms with Crippen molar-refractivity contribution in [3.63, 3.8) is 0 Å². The van der Waals surface area contributed by atoms with E-state index in [0.29, 0.717) is 19.8 Å². The third-order valence-corrected chi connectivity index (χ3v) is 4.52. The molecule has 0 N–H and O–H groups in total. The van der Waals surface area contributed by atoms with Crippen molar-refractivity contribution in [3.05, 3.63) is 62.1 Å². The average Bonchev–Trinajstić information content (AvgIpc) is 2.42. The van der Waals surface area contributed by atoms with Crippen LogP contribution in [0.5, 0.6) is 0 Å². The Morgan fingerprint density at radius 2 is 1.90 bits per heavy atom. The molecule has 0 bridgehead atoms. The molecular formula is C14H9BrClNO3S. The predicted molar refractivity (Wildman–Crippen MR) is 86.3 cm³/mol. The van der Waals surface area contributed by atoms with Gasteiger partial charge in [0, 0.05) is 21.0 Å². The quantitative estimate of drug-likeness (QED) is 0.412. The Hall–Kier alpha value is -1.37. The Morgan fingerprint density at radius 1 is 1.24 bits per heavy atom. The summed E-state index contributed by atoms with van der Waals surface area (Å²) < 4.78 is 0.717. The van der Waals surface area contributed by atoms with Crippen LogP contribution in [0.15, 0.2) is 50.7 Å². The van der Waals surface area contributed by atoms with E-state index >= 15 is 0 Å². The maximum Gasteiger partial charge on any atom is 0.283 e. The van der Waals surface area contributed by atoms with Gasteiger partial charge in [-0.1, -0.05) is 33.8 Å². The van der Waals surface area contributed by atoms with Crippen LogP contribution in [-0.2, 0) is 0 Å². The number of aryl methyl sites for hydroxylation is 1. The summed E-state index contributed by atoms with van der Waals surface area (Å²) in [6, 6.07) is 10.0. The van der Waals surface area contributed by atoms with Gasteiger partial charge in [0.25, 0.3) is 10.9 Å². The average molecular weight is 387 g/mol. The third kappa shape index (κ3) is 3.84. The molecule has 0 spiro atoms. The van der Waals surface area contributed by atoms with Gasteiger partial charge in [-0.3, -0.25) is 14.9 Å². The number of carbonyl (C=O) groups excluding carboxylic acids is 1. The highest BCUT2D eigenvalue weighted by Gasteiger charge is 2.18. The van der Waals surface area contributed by atoms with E-state index in [9.17, 15) is 14.9 Å². The summed E-state index contributed by atoms with van der Waals surface area (Å²) in [5.41, 5.74) is 1.12. The fourth-order valence-electron chi connectivity index (χ4n) is 1.72. The van der Waals surface area contributed by atoms with Crippen LogP contribution in [0.25, 0.3) is 0 Å². The number of hydrogen-bond acceptors (Lipinski definition) is 4. The number of nitro groups is 1. The van der Waals surface area contributed by atoms with Gasteiger partial charge in [0.05, 0.1) is 9.82 Å².